The summed E-state index contributed by atoms with van der Waals surface area (Å²) in [7, 11) is 0. The molecule has 1 unspecified atom stereocenters. The van der Waals surface area contributed by atoms with E-state index in [1.807, 2.05) is 6.07 Å². The number of hydrogen-bond donors (Lipinski definition) is 1. The number of halogens is 1. The maximum atomic E-state index is 13.7. The first-order chi connectivity index (χ1) is 11.1. The van der Waals surface area contributed by atoms with E-state index in [1.54, 1.807) is 23.1 Å². The van der Waals surface area contributed by atoms with Gasteiger partial charge >= 0.3 is 0 Å². The van der Waals surface area contributed by atoms with Crippen molar-refractivity contribution in [1.82, 2.24) is 19.9 Å². The third kappa shape index (κ3) is 3.73. The molecule has 3 rings (SSSR count). The van der Waals surface area contributed by atoms with Crippen LogP contribution in [0.25, 0.3) is 0 Å². The molecule has 0 bridgehead atoms. The smallest absolute Gasteiger partial charge is 0.141 e. The lowest BCUT2D eigenvalue weighted by atomic mass is 9.92. The van der Waals surface area contributed by atoms with Crippen molar-refractivity contribution in [3.63, 3.8) is 0 Å². The van der Waals surface area contributed by atoms with Crippen LogP contribution >= 0.6 is 0 Å². The average molecular weight is 315 g/mol. The molecule has 0 saturated carbocycles. The average Bonchev–Trinajstić information content (AvgIpc) is 2.99. The van der Waals surface area contributed by atoms with Gasteiger partial charge in [0.15, 0.2) is 0 Å². The first-order valence-electron chi connectivity index (χ1n) is 7.55. The van der Waals surface area contributed by atoms with Crippen molar-refractivity contribution in [1.29, 1.82) is 5.26 Å². The Kier molecular flexibility index (Phi) is 4.37. The number of aliphatic hydroxyl groups is 1. The largest absolute Gasteiger partial charge is 0.387 e. The molecule has 1 aromatic heterocycles. The highest BCUT2D eigenvalue weighted by atomic mass is 19.1. The van der Waals surface area contributed by atoms with Gasteiger partial charge in [-0.1, -0.05) is 11.3 Å². The Morgan fingerprint density at radius 3 is 3.00 bits per heavy atom. The molecule has 1 atom stereocenters. The lowest BCUT2D eigenvalue weighted by molar-refractivity contribution is -0.0478. The molecule has 2 aromatic rings. The zero-order valence-electron chi connectivity index (χ0n) is 12.7. The Hall–Kier alpha value is -2.30. The van der Waals surface area contributed by atoms with Crippen molar-refractivity contribution in [3.8, 4) is 6.07 Å². The number of benzene rings is 1. The number of nitriles is 1. The fourth-order valence-electron chi connectivity index (χ4n) is 3.09. The summed E-state index contributed by atoms with van der Waals surface area (Å²) in [6.07, 6.45) is 4.88. The second-order valence-corrected chi connectivity index (χ2v) is 6.07. The summed E-state index contributed by atoms with van der Waals surface area (Å²) in [6.45, 7) is 2.28. The Morgan fingerprint density at radius 2 is 2.30 bits per heavy atom. The summed E-state index contributed by atoms with van der Waals surface area (Å²) in [5.41, 5.74) is -0.0153. The van der Waals surface area contributed by atoms with Gasteiger partial charge in [-0.15, -0.1) is 5.10 Å². The van der Waals surface area contributed by atoms with Gasteiger partial charge in [-0.05, 0) is 37.1 Å². The molecule has 1 aromatic carbocycles. The summed E-state index contributed by atoms with van der Waals surface area (Å²) in [5, 5.41) is 27.2. The lowest BCUT2D eigenvalue weighted by Gasteiger charge is -2.39. The maximum absolute atomic E-state index is 13.7. The zero-order chi connectivity index (χ0) is 16.3. The number of rotatable bonds is 4. The lowest BCUT2D eigenvalue weighted by Crippen LogP contribution is -2.50. The summed E-state index contributed by atoms with van der Waals surface area (Å²) in [5.74, 6) is -0.500. The fourth-order valence-corrected chi connectivity index (χ4v) is 3.09. The number of hydrogen-bond acceptors (Lipinski definition) is 5. The summed E-state index contributed by atoms with van der Waals surface area (Å²) >= 11 is 0. The summed E-state index contributed by atoms with van der Waals surface area (Å²) in [6, 6.07) is 6.47. The van der Waals surface area contributed by atoms with Crippen LogP contribution in [-0.4, -0.2) is 43.7 Å². The van der Waals surface area contributed by atoms with Crippen LogP contribution in [0, 0.1) is 17.1 Å². The molecule has 120 valence electrons. The third-order valence-electron chi connectivity index (χ3n) is 4.12. The van der Waals surface area contributed by atoms with Crippen molar-refractivity contribution in [2.75, 3.05) is 13.1 Å². The Balaban J connectivity index is 1.66. The van der Waals surface area contributed by atoms with Gasteiger partial charge in [-0.2, -0.15) is 5.26 Å². The number of aromatic nitrogens is 3. The number of likely N-dealkylation sites (tertiary alicyclic amines) is 1. The van der Waals surface area contributed by atoms with E-state index in [2.05, 4.69) is 15.2 Å². The Morgan fingerprint density at radius 1 is 1.43 bits per heavy atom. The van der Waals surface area contributed by atoms with E-state index >= 15 is 0 Å². The molecule has 1 N–H and O–H groups in total. The first kappa shape index (κ1) is 15.6. The molecule has 1 saturated heterocycles. The van der Waals surface area contributed by atoms with Gasteiger partial charge in [0.2, 0.25) is 0 Å². The third-order valence-corrected chi connectivity index (χ3v) is 4.12. The second kappa shape index (κ2) is 6.44. The van der Waals surface area contributed by atoms with Crippen molar-refractivity contribution in [2.24, 2.45) is 0 Å². The van der Waals surface area contributed by atoms with Gasteiger partial charge in [0, 0.05) is 19.3 Å². The van der Waals surface area contributed by atoms with E-state index in [1.165, 1.54) is 12.1 Å². The highest BCUT2D eigenvalue weighted by molar-refractivity contribution is 5.33. The molecule has 0 amide bonds. The summed E-state index contributed by atoms with van der Waals surface area (Å²) < 4.78 is 15.3. The molecular formula is C16H18FN5O. The monoisotopic (exact) mass is 315 g/mol. The summed E-state index contributed by atoms with van der Waals surface area (Å²) in [4.78, 5) is 2.10. The molecule has 23 heavy (non-hydrogen) atoms. The van der Waals surface area contributed by atoms with E-state index < -0.39 is 11.4 Å². The minimum absolute atomic E-state index is 0.0510. The van der Waals surface area contributed by atoms with Gasteiger partial charge in [-0.25, -0.2) is 9.07 Å². The SMILES string of the molecule is N#Cc1ccc(CN2CCCC(O)(Cn3ccnn3)C2)cc1F. The van der Waals surface area contributed by atoms with E-state index in [-0.39, 0.29) is 5.56 Å². The van der Waals surface area contributed by atoms with Gasteiger partial charge in [-0.3, -0.25) is 4.90 Å². The molecule has 7 heteroatoms. The predicted molar refractivity (Wildman–Crippen MR) is 80.6 cm³/mol. The molecule has 2 heterocycles. The van der Waals surface area contributed by atoms with Gasteiger partial charge in [0.1, 0.15) is 11.9 Å². The van der Waals surface area contributed by atoms with Crippen LogP contribution in [0.4, 0.5) is 4.39 Å². The van der Waals surface area contributed by atoms with Crippen LogP contribution in [-0.2, 0) is 13.1 Å². The topological polar surface area (TPSA) is 78.0 Å². The van der Waals surface area contributed by atoms with Crippen LogP contribution in [0.5, 0.6) is 0 Å². The predicted octanol–water partition coefficient (Wildman–Crippen LogP) is 1.32. The van der Waals surface area contributed by atoms with E-state index in [0.29, 0.717) is 26.1 Å². The van der Waals surface area contributed by atoms with Crippen LogP contribution in [0.1, 0.15) is 24.0 Å². The number of piperidine rings is 1. The van der Waals surface area contributed by atoms with Crippen molar-refractivity contribution in [2.45, 2.75) is 31.5 Å². The number of nitrogens with zero attached hydrogens (tertiary/aromatic N) is 5. The molecule has 1 aliphatic rings. The molecular weight excluding hydrogens is 297 g/mol. The van der Waals surface area contributed by atoms with Crippen molar-refractivity contribution < 1.29 is 9.50 Å². The van der Waals surface area contributed by atoms with Gasteiger partial charge < -0.3 is 5.11 Å². The van der Waals surface area contributed by atoms with Crippen LogP contribution < -0.4 is 0 Å². The second-order valence-electron chi connectivity index (χ2n) is 6.07. The van der Waals surface area contributed by atoms with Crippen LogP contribution in [0.2, 0.25) is 0 Å². The molecule has 0 radical (unpaired) electrons. The highest BCUT2D eigenvalue weighted by Gasteiger charge is 2.34. The van der Waals surface area contributed by atoms with E-state index in [9.17, 15) is 9.50 Å². The molecule has 0 spiro atoms. The normalized spacial score (nSPS) is 22.0. The maximum Gasteiger partial charge on any atom is 0.141 e. The van der Waals surface area contributed by atoms with Crippen LogP contribution in [0.15, 0.2) is 30.6 Å². The Labute approximate surface area is 133 Å². The van der Waals surface area contributed by atoms with Crippen molar-refractivity contribution in [3.05, 3.63) is 47.5 Å². The Bertz CT molecular complexity index is 712. The zero-order valence-corrected chi connectivity index (χ0v) is 12.7. The van der Waals surface area contributed by atoms with Crippen molar-refractivity contribution >= 4 is 0 Å². The number of β-amino-alcohol motifs (C(OH)–C–C–N with tert-alkyl or cyclic N) is 1. The highest BCUT2D eigenvalue weighted by Crippen LogP contribution is 2.24. The van der Waals surface area contributed by atoms with E-state index in [0.717, 1.165) is 18.5 Å². The fraction of sp³-hybridized carbons (Fsp3) is 0.438. The minimum Gasteiger partial charge on any atom is -0.387 e. The molecule has 6 nitrogen and oxygen atoms in total. The molecule has 1 aliphatic heterocycles. The van der Waals surface area contributed by atoms with Crippen LogP contribution in [0.3, 0.4) is 0 Å². The quantitative estimate of drug-likeness (QED) is 0.920. The van der Waals surface area contributed by atoms with Gasteiger partial charge in [0.05, 0.1) is 23.9 Å². The molecule has 1 fully saturated rings. The van der Waals surface area contributed by atoms with Gasteiger partial charge in [0.25, 0.3) is 0 Å². The first-order valence-corrected chi connectivity index (χ1v) is 7.55. The standard InChI is InChI=1S/C16H18FN5O/c17-15-8-13(2-3-14(15)9-18)10-21-6-1-4-16(23,11-21)12-22-7-5-19-20-22/h2-3,5,7-8,23H,1,4,6,10-12H2. The molecule has 0 aliphatic carbocycles. The van der Waals surface area contributed by atoms with E-state index in [4.69, 9.17) is 5.26 Å². The minimum atomic E-state index is -0.864.